The molecule has 3 rings (SSSR count). The van der Waals surface area contributed by atoms with Crippen molar-refractivity contribution in [3.8, 4) is 6.07 Å². The van der Waals surface area contributed by atoms with E-state index >= 15 is 0 Å². The Bertz CT molecular complexity index is 1100. The number of nitriles is 1. The van der Waals surface area contributed by atoms with E-state index in [0.29, 0.717) is 36.5 Å². The van der Waals surface area contributed by atoms with E-state index in [1.807, 2.05) is 50.3 Å². The molecule has 0 amide bonds. The molecule has 1 aromatic rings. The van der Waals surface area contributed by atoms with Crippen LogP contribution in [0.4, 0.5) is 5.69 Å². The molecule has 1 aromatic carbocycles. The van der Waals surface area contributed by atoms with Gasteiger partial charge in [0.25, 0.3) is 0 Å². The fraction of sp³-hybridized carbons (Fsp3) is 0.400. The van der Waals surface area contributed by atoms with Gasteiger partial charge in [-0.1, -0.05) is 18.2 Å². The summed E-state index contributed by atoms with van der Waals surface area (Å²) in [4.78, 5) is 31.1. The maximum atomic E-state index is 10.4. The number of ether oxygens (including phenoxy) is 1. The molecular formula is C25H31N4O7P. The average Bonchev–Trinajstić information content (AvgIpc) is 2.83. The Morgan fingerprint density at radius 1 is 1.05 bits per heavy atom. The number of anilines is 1. The molecule has 2 aliphatic heterocycles. The highest BCUT2D eigenvalue weighted by Gasteiger charge is 2.33. The van der Waals surface area contributed by atoms with Crippen molar-refractivity contribution >= 4 is 37.2 Å². The first kappa shape index (κ1) is 29.5. The van der Waals surface area contributed by atoms with Gasteiger partial charge in [-0.2, -0.15) is 10.4 Å². The summed E-state index contributed by atoms with van der Waals surface area (Å²) in [6.07, 6.45) is 3.02. The summed E-state index contributed by atoms with van der Waals surface area (Å²) in [5, 5.41) is 41.1. The van der Waals surface area contributed by atoms with Crippen molar-refractivity contribution in [2.24, 2.45) is 10.8 Å². The van der Waals surface area contributed by atoms with E-state index in [1.54, 1.807) is 5.01 Å². The molecule has 0 radical (unpaired) electrons. The molecule has 37 heavy (non-hydrogen) atoms. The molecule has 0 saturated heterocycles. The molecule has 0 atom stereocenters. The zero-order valence-electron chi connectivity index (χ0n) is 20.8. The first-order chi connectivity index (χ1) is 17.4. The van der Waals surface area contributed by atoms with Crippen LogP contribution in [0.3, 0.4) is 0 Å². The zero-order valence-corrected chi connectivity index (χ0v) is 21.6. The lowest BCUT2D eigenvalue weighted by atomic mass is 9.92. The highest BCUT2D eigenvalue weighted by molar-refractivity contribution is 7.57. The third-order valence-corrected chi connectivity index (χ3v) is 7.96. The van der Waals surface area contributed by atoms with Crippen molar-refractivity contribution in [3.63, 3.8) is 0 Å². The number of nitrogens with zero attached hydrogens (tertiary/aromatic N) is 3. The van der Waals surface area contributed by atoms with Gasteiger partial charge in [-0.15, -0.1) is 7.92 Å². The van der Waals surface area contributed by atoms with Gasteiger partial charge in [0.1, 0.15) is 17.5 Å². The van der Waals surface area contributed by atoms with Crippen molar-refractivity contribution < 1.29 is 34.4 Å². The summed E-state index contributed by atoms with van der Waals surface area (Å²) in [6, 6.07) is 11.7. The van der Waals surface area contributed by atoms with Crippen LogP contribution in [0.5, 0.6) is 0 Å². The molecule has 12 heteroatoms. The van der Waals surface area contributed by atoms with Crippen molar-refractivity contribution in [2.75, 3.05) is 30.1 Å². The third kappa shape index (κ3) is 9.33. The molecule has 0 aromatic heterocycles. The SMILES string of the molecule is CC1(C)C=C2C(=NN(c3ccccc3)C(N)=C2C#N)CO1.O=C(O)CCP(CCC(=O)O)CCC(=O)O. The number of hydrogen-bond acceptors (Lipinski definition) is 8. The molecule has 0 unspecified atom stereocenters. The van der Waals surface area contributed by atoms with Crippen molar-refractivity contribution in [1.82, 2.24) is 0 Å². The third-order valence-electron chi connectivity index (χ3n) is 5.40. The number of carbonyl (C=O) groups is 3. The van der Waals surface area contributed by atoms with Gasteiger partial charge in [0, 0.05) is 24.8 Å². The number of allylic oxidation sites excluding steroid dienone is 1. The van der Waals surface area contributed by atoms with Crippen LogP contribution in [0.15, 0.2) is 58.5 Å². The minimum atomic E-state index is -0.932. The number of hydrazone groups is 1. The molecule has 0 aliphatic carbocycles. The standard InChI is InChI=1S/C16H16N4O.C9H15O6P/c1-16(2)8-12-13(9-17)15(18)20(19-14(12)10-21-16)11-6-4-3-5-7-11;10-7(11)1-4-16(5-2-8(12)13)6-3-9(14)15/h3-8H,10,18H2,1-2H3;1-6H2,(H,10,11)(H,12,13)(H,14,15). The summed E-state index contributed by atoms with van der Waals surface area (Å²) in [5.74, 6) is -2.45. The largest absolute Gasteiger partial charge is 0.481 e. The quantitative estimate of drug-likeness (QED) is 0.327. The molecule has 0 bridgehead atoms. The fourth-order valence-electron chi connectivity index (χ4n) is 3.50. The van der Waals surface area contributed by atoms with Gasteiger partial charge in [-0.05, 0) is 50.5 Å². The second-order valence-corrected chi connectivity index (χ2v) is 11.5. The van der Waals surface area contributed by atoms with E-state index in [4.69, 9.17) is 25.8 Å². The molecule has 2 aliphatic rings. The predicted molar refractivity (Wildman–Crippen MR) is 140 cm³/mol. The number of carboxylic acid groups (broad SMARTS) is 3. The number of rotatable bonds is 10. The molecule has 11 nitrogen and oxygen atoms in total. The number of aliphatic carboxylic acids is 3. The molecular weight excluding hydrogens is 499 g/mol. The Morgan fingerprint density at radius 3 is 2.03 bits per heavy atom. The maximum Gasteiger partial charge on any atom is 0.303 e. The highest BCUT2D eigenvalue weighted by atomic mass is 31.1. The molecule has 5 N–H and O–H groups in total. The normalized spacial score (nSPS) is 16.0. The van der Waals surface area contributed by atoms with Gasteiger partial charge in [-0.25, -0.2) is 5.01 Å². The van der Waals surface area contributed by atoms with Gasteiger partial charge in [0.05, 0.1) is 23.6 Å². The Morgan fingerprint density at radius 2 is 1.57 bits per heavy atom. The van der Waals surface area contributed by atoms with Crippen LogP contribution >= 0.6 is 7.92 Å². The van der Waals surface area contributed by atoms with E-state index in [0.717, 1.165) is 17.0 Å². The number of carboxylic acids is 3. The Balaban J connectivity index is 0.000000273. The van der Waals surface area contributed by atoms with Gasteiger partial charge in [0.15, 0.2) is 0 Å². The lowest BCUT2D eigenvalue weighted by Gasteiger charge is -2.34. The predicted octanol–water partition coefficient (Wildman–Crippen LogP) is 3.18. The van der Waals surface area contributed by atoms with Gasteiger partial charge >= 0.3 is 17.9 Å². The topological polar surface area (TPSA) is 187 Å². The minimum Gasteiger partial charge on any atom is -0.481 e. The Kier molecular flexibility index (Phi) is 10.8. The van der Waals surface area contributed by atoms with Crippen molar-refractivity contribution in [1.29, 1.82) is 5.26 Å². The van der Waals surface area contributed by atoms with Crippen LogP contribution in [0.2, 0.25) is 0 Å². The molecule has 0 fully saturated rings. The number of para-hydroxylation sites is 1. The summed E-state index contributed by atoms with van der Waals surface area (Å²) in [5.41, 5.74) is 8.50. The van der Waals surface area contributed by atoms with E-state index in [9.17, 15) is 19.6 Å². The average molecular weight is 531 g/mol. The van der Waals surface area contributed by atoms with Crippen molar-refractivity contribution in [2.45, 2.75) is 38.7 Å². The number of nitrogens with two attached hydrogens (primary N) is 1. The van der Waals surface area contributed by atoms with Crippen LogP contribution < -0.4 is 10.7 Å². The smallest absolute Gasteiger partial charge is 0.303 e. The van der Waals surface area contributed by atoms with Crippen LogP contribution in [-0.4, -0.2) is 69.6 Å². The number of hydrogen-bond donors (Lipinski definition) is 4. The minimum absolute atomic E-state index is 0.0229. The van der Waals surface area contributed by atoms with E-state index in [2.05, 4.69) is 11.2 Å². The second kappa shape index (κ2) is 13.5. The van der Waals surface area contributed by atoms with Gasteiger partial charge in [0.2, 0.25) is 0 Å². The first-order valence-corrected chi connectivity index (χ1v) is 13.4. The first-order valence-electron chi connectivity index (χ1n) is 11.5. The van der Waals surface area contributed by atoms with Gasteiger partial charge in [-0.3, -0.25) is 14.4 Å². The molecule has 198 valence electrons. The van der Waals surface area contributed by atoms with Crippen LogP contribution in [-0.2, 0) is 19.1 Å². The summed E-state index contributed by atoms with van der Waals surface area (Å²) in [7, 11) is -0.801. The lowest BCUT2D eigenvalue weighted by Crippen LogP contribution is -2.39. The van der Waals surface area contributed by atoms with Crippen LogP contribution in [0.25, 0.3) is 0 Å². The molecule has 2 heterocycles. The number of benzene rings is 1. The second-order valence-electron chi connectivity index (χ2n) is 8.79. The van der Waals surface area contributed by atoms with E-state index in [1.165, 1.54) is 0 Å². The fourth-order valence-corrected chi connectivity index (χ4v) is 5.70. The molecule has 0 saturated carbocycles. The Hall–Kier alpha value is -3.74. The molecule has 0 spiro atoms. The highest BCUT2D eigenvalue weighted by Crippen LogP contribution is 2.37. The maximum absolute atomic E-state index is 10.4. The lowest BCUT2D eigenvalue weighted by molar-refractivity contribution is -0.137. The monoisotopic (exact) mass is 530 g/mol. The van der Waals surface area contributed by atoms with Gasteiger partial charge < -0.3 is 25.8 Å². The van der Waals surface area contributed by atoms with E-state index in [-0.39, 0.29) is 19.3 Å². The number of fused-ring (bicyclic) bond motifs is 1. The van der Waals surface area contributed by atoms with Crippen LogP contribution in [0.1, 0.15) is 33.1 Å². The van der Waals surface area contributed by atoms with Crippen LogP contribution in [0, 0.1) is 11.3 Å². The van der Waals surface area contributed by atoms with Crippen molar-refractivity contribution in [3.05, 3.63) is 53.4 Å². The van der Waals surface area contributed by atoms with E-state index < -0.39 is 31.4 Å². The summed E-state index contributed by atoms with van der Waals surface area (Å²) >= 11 is 0. The summed E-state index contributed by atoms with van der Waals surface area (Å²) < 4.78 is 5.74. The summed E-state index contributed by atoms with van der Waals surface area (Å²) in [6.45, 7) is 4.26. The Labute approximate surface area is 216 Å². The zero-order chi connectivity index (χ0) is 27.6.